The molecule has 0 saturated carbocycles. The van der Waals surface area contributed by atoms with E-state index in [9.17, 15) is 0 Å². The molecule has 3 heteroatoms. The zero-order valence-electron chi connectivity index (χ0n) is 14.4. The van der Waals surface area contributed by atoms with Crippen molar-refractivity contribution >= 4 is 0 Å². The predicted octanol–water partition coefficient (Wildman–Crippen LogP) is 1.28. The van der Waals surface area contributed by atoms with E-state index in [1.54, 1.807) is 0 Å². The lowest BCUT2D eigenvalue weighted by molar-refractivity contribution is -0.906. The Morgan fingerprint density at radius 3 is 1.65 bits per heavy atom. The van der Waals surface area contributed by atoms with Crippen LogP contribution in [0.5, 0.6) is 0 Å². The van der Waals surface area contributed by atoms with Gasteiger partial charge in [0.15, 0.2) is 0 Å². The molecular formula is C20H28INO. The molecule has 0 heterocycles. The Labute approximate surface area is 158 Å². The van der Waals surface area contributed by atoms with Crippen molar-refractivity contribution in [2.75, 3.05) is 33.3 Å². The van der Waals surface area contributed by atoms with Gasteiger partial charge in [-0.2, -0.15) is 0 Å². The van der Waals surface area contributed by atoms with Crippen LogP contribution in [0.4, 0.5) is 0 Å². The van der Waals surface area contributed by atoms with E-state index < -0.39 is 0 Å². The first-order valence-electron chi connectivity index (χ1n) is 8.23. The highest BCUT2D eigenvalue weighted by Gasteiger charge is 2.19. The van der Waals surface area contributed by atoms with E-state index in [-0.39, 0.29) is 30.1 Å². The molecule has 0 aromatic heterocycles. The number of ether oxygens (including phenoxy) is 1. The molecule has 0 aliphatic rings. The minimum absolute atomic E-state index is 0. The number of nitrogens with zero attached hydrogens (tertiary/aromatic N) is 1. The normalized spacial score (nSPS) is 11.3. The summed E-state index contributed by atoms with van der Waals surface area (Å²) in [6, 6.07) is 21.0. The maximum absolute atomic E-state index is 6.30. The SMILES string of the molecule is CC[N+](C)(CC)CCOC(c1ccccc1)c1ccccc1.[I-]. The van der Waals surface area contributed by atoms with Gasteiger partial charge in [-0.1, -0.05) is 60.7 Å². The van der Waals surface area contributed by atoms with Crippen molar-refractivity contribution in [3.05, 3.63) is 71.8 Å². The van der Waals surface area contributed by atoms with Crippen molar-refractivity contribution in [2.24, 2.45) is 0 Å². The summed E-state index contributed by atoms with van der Waals surface area (Å²) in [6.45, 7) is 8.59. The fourth-order valence-corrected chi connectivity index (χ4v) is 2.57. The molecule has 0 fully saturated rings. The van der Waals surface area contributed by atoms with Gasteiger partial charge in [-0.25, -0.2) is 0 Å². The highest BCUT2D eigenvalue weighted by Crippen LogP contribution is 2.25. The molecule has 0 N–H and O–H groups in total. The number of quaternary nitrogens is 1. The molecule has 2 aromatic rings. The molecule has 0 radical (unpaired) electrons. The summed E-state index contributed by atoms with van der Waals surface area (Å²) in [6.07, 6.45) is 0.0181. The number of rotatable bonds is 8. The van der Waals surface area contributed by atoms with Gasteiger partial charge in [0.25, 0.3) is 0 Å². The Morgan fingerprint density at radius 1 is 0.826 bits per heavy atom. The van der Waals surface area contributed by atoms with Crippen LogP contribution in [0, 0.1) is 0 Å². The first kappa shape index (κ1) is 20.1. The summed E-state index contributed by atoms with van der Waals surface area (Å²) >= 11 is 0. The maximum atomic E-state index is 6.30. The van der Waals surface area contributed by atoms with Gasteiger partial charge in [-0.05, 0) is 25.0 Å². The lowest BCUT2D eigenvalue weighted by atomic mass is 10.0. The van der Waals surface area contributed by atoms with E-state index in [2.05, 4.69) is 69.4 Å². The average molecular weight is 425 g/mol. The fourth-order valence-electron chi connectivity index (χ4n) is 2.57. The van der Waals surface area contributed by atoms with Crippen LogP contribution in [-0.2, 0) is 4.74 Å². The average Bonchev–Trinajstić information content (AvgIpc) is 2.60. The molecule has 0 bridgehead atoms. The summed E-state index contributed by atoms with van der Waals surface area (Å²) in [5.41, 5.74) is 2.44. The van der Waals surface area contributed by atoms with Crippen LogP contribution in [0.3, 0.4) is 0 Å². The predicted molar refractivity (Wildman–Crippen MR) is 92.8 cm³/mol. The standard InChI is InChI=1S/C20H28NO.HI/c1-4-21(3,5-2)16-17-22-20(18-12-8-6-9-13-18)19-14-10-7-11-15-19;/h6-15,20H,4-5,16-17H2,1-3H3;1H/q+1;/p-1. The number of halogens is 1. The van der Waals surface area contributed by atoms with E-state index >= 15 is 0 Å². The molecule has 0 atom stereocenters. The molecule has 2 rings (SSSR count). The monoisotopic (exact) mass is 425 g/mol. The van der Waals surface area contributed by atoms with Gasteiger partial charge in [0.05, 0.1) is 26.7 Å². The second-order valence-corrected chi connectivity index (χ2v) is 6.05. The lowest BCUT2D eigenvalue weighted by Crippen LogP contribution is -3.00. The molecular weight excluding hydrogens is 397 g/mol. The van der Waals surface area contributed by atoms with E-state index in [4.69, 9.17) is 4.74 Å². The summed E-state index contributed by atoms with van der Waals surface area (Å²) in [7, 11) is 2.30. The quantitative estimate of drug-likeness (QED) is 0.458. The Kier molecular flexibility index (Phi) is 8.81. The second kappa shape index (κ2) is 10.1. The van der Waals surface area contributed by atoms with E-state index in [0.717, 1.165) is 30.7 Å². The van der Waals surface area contributed by atoms with Crippen LogP contribution < -0.4 is 24.0 Å². The third-order valence-corrected chi connectivity index (χ3v) is 4.65. The summed E-state index contributed by atoms with van der Waals surface area (Å²) in [4.78, 5) is 0. The van der Waals surface area contributed by atoms with Crippen molar-refractivity contribution in [3.8, 4) is 0 Å². The third-order valence-electron chi connectivity index (χ3n) is 4.65. The first-order valence-corrected chi connectivity index (χ1v) is 8.23. The zero-order chi connectivity index (χ0) is 15.8. The topological polar surface area (TPSA) is 9.23 Å². The molecule has 2 nitrogen and oxygen atoms in total. The van der Waals surface area contributed by atoms with Crippen LogP contribution in [-0.4, -0.2) is 37.8 Å². The summed E-state index contributed by atoms with van der Waals surface area (Å²) < 4.78 is 7.35. The second-order valence-electron chi connectivity index (χ2n) is 6.05. The Balaban J connectivity index is 0.00000264. The summed E-state index contributed by atoms with van der Waals surface area (Å²) in [5, 5.41) is 0. The van der Waals surface area contributed by atoms with E-state index in [1.807, 2.05) is 12.1 Å². The lowest BCUT2D eigenvalue weighted by Gasteiger charge is -2.32. The fraction of sp³-hybridized carbons (Fsp3) is 0.400. The van der Waals surface area contributed by atoms with Crippen LogP contribution in [0.2, 0.25) is 0 Å². The van der Waals surface area contributed by atoms with Crippen molar-refractivity contribution in [3.63, 3.8) is 0 Å². The Hall–Kier alpha value is -0.910. The van der Waals surface area contributed by atoms with E-state index in [0.29, 0.717) is 0 Å². The Bertz CT molecular complexity index is 501. The van der Waals surface area contributed by atoms with Crippen LogP contribution in [0.1, 0.15) is 31.1 Å². The molecule has 0 saturated heterocycles. The number of benzene rings is 2. The van der Waals surface area contributed by atoms with Crippen molar-refractivity contribution in [2.45, 2.75) is 20.0 Å². The molecule has 0 spiro atoms. The smallest absolute Gasteiger partial charge is 0.108 e. The van der Waals surface area contributed by atoms with Gasteiger partial charge in [-0.15, -0.1) is 0 Å². The first-order chi connectivity index (χ1) is 10.7. The van der Waals surface area contributed by atoms with Crippen LogP contribution in [0.15, 0.2) is 60.7 Å². The minimum Gasteiger partial charge on any atom is -1.00 e. The largest absolute Gasteiger partial charge is 1.00 e. The molecule has 23 heavy (non-hydrogen) atoms. The Morgan fingerprint density at radius 2 is 1.26 bits per heavy atom. The molecule has 0 aliphatic carbocycles. The highest BCUT2D eigenvalue weighted by molar-refractivity contribution is 5.29. The van der Waals surface area contributed by atoms with Gasteiger partial charge >= 0.3 is 0 Å². The number of hydrogen-bond acceptors (Lipinski definition) is 1. The van der Waals surface area contributed by atoms with Crippen LogP contribution in [0.25, 0.3) is 0 Å². The van der Waals surface area contributed by atoms with Gasteiger partial charge in [-0.3, -0.25) is 0 Å². The molecule has 0 unspecified atom stereocenters. The molecule has 126 valence electrons. The number of likely N-dealkylation sites (N-methyl/N-ethyl adjacent to an activating group) is 1. The van der Waals surface area contributed by atoms with Gasteiger partial charge in [0, 0.05) is 0 Å². The van der Waals surface area contributed by atoms with Crippen molar-refractivity contribution < 1.29 is 33.2 Å². The molecule has 0 aliphatic heterocycles. The number of hydrogen-bond donors (Lipinski definition) is 0. The van der Waals surface area contributed by atoms with Crippen molar-refractivity contribution in [1.29, 1.82) is 0 Å². The zero-order valence-corrected chi connectivity index (χ0v) is 16.6. The minimum atomic E-state index is 0. The van der Waals surface area contributed by atoms with E-state index in [1.165, 1.54) is 11.1 Å². The van der Waals surface area contributed by atoms with Gasteiger partial charge < -0.3 is 33.2 Å². The van der Waals surface area contributed by atoms with Gasteiger partial charge in [0.1, 0.15) is 12.6 Å². The molecule has 2 aromatic carbocycles. The maximum Gasteiger partial charge on any atom is 0.108 e. The molecule has 0 amide bonds. The summed E-state index contributed by atoms with van der Waals surface area (Å²) in [5.74, 6) is 0. The van der Waals surface area contributed by atoms with Crippen LogP contribution >= 0.6 is 0 Å². The van der Waals surface area contributed by atoms with Crippen molar-refractivity contribution in [1.82, 2.24) is 0 Å². The third kappa shape index (κ3) is 5.90. The van der Waals surface area contributed by atoms with Gasteiger partial charge in [0.2, 0.25) is 0 Å². The highest BCUT2D eigenvalue weighted by atomic mass is 127.